The Balaban J connectivity index is 2.66. The van der Waals surface area contributed by atoms with Crippen LogP contribution >= 0.6 is 0 Å². The van der Waals surface area contributed by atoms with Crippen LogP contribution in [-0.4, -0.2) is 29.2 Å². The van der Waals surface area contributed by atoms with E-state index < -0.39 is 5.97 Å². The van der Waals surface area contributed by atoms with Crippen molar-refractivity contribution < 1.29 is 14.3 Å². The number of ether oxygens (including phenoxy) is 2. The number of hydrogen-bond donors (Lipinski definition) is 0. The Bertz CT molecular complexity index is 708. The second-order valence-corrected chi connectivity index (χ2v) is 4.27. The first-order chi connectivity index (χ1) is 10.1. The van der Waals surface area contributed by atoms with E-state index in [4.69, 9.17) is 9.47 Å². The van der Waals surface area contributed by atoms with Gasteiger partial charge in [0.1, 0.15) is 5.69 Å². The van der Waals surface area contributed by atoms with Crippen molar-refractivity contribution in [3.8, 4) is 17.1 Å². The summed E-state index contributed by atoms with van der Waals surface area (Å²) >= 11 is 0. The molecule has 0 radical (unpaired) electrons. The van der Waals surface area contributed by atoms with E-state index in [0.29, 0.717) is 5.56 Å². The lowest BCUT2D eigenvalue weighted by Crippen LogP contribution is -2.28. The molecule has 2 aromatic rings. The minimum atomic E-state index is -0.638. The highest BCUT2D eigenvalue weighted by Crippen LogP contribution is 2.20. The molecule has 0 N–H and O–H groups in total. The zero-order valence-electron chi connectivity index (χ0n) is 12.1. The fraction of sp³-hybridized carbons (Fsp3) is 0.267. The van der Waals surface area contributed by atoms with Gasteiger partial charge in [0.25, 0.3) is 5.56 Å². The zero-order chi connectivity index (χ0) is 15.4. The molecule has 1 aromatic heterocycles. The first kappa shape index (κ1) is 14.8. The Labute approximate surface area is 122 Å². The van der Waals surface area contributed by atoms with Gasteiger partial charge in [-0.05, 0) is 6.92 Å². The molecular formula is C15H16N2O4. The average Bonchev–Trinajstić information content (AvgIpc) is 2.50. The molecule has 1 heterocycles. The maximum absolute atomic E-state index is 12.4. The van der Waals surface area contributed by atoms with Crippen LogP contribution in [0.3, 0.4) is 0 Å². The van der Waals surface area contributed by atoms with E-state index in [2.05, 4.69) is 4.98 Å². The van der Waals surface area contributed by atoms with Crippen LogP contribution in [0.4, 0.5) is 0 Å². The van der Waals surface area contributed by atoms with Gasteiger partial charge in [0.05, 0.1) is 13.7 Å². The number of rotatable bonds is 4. The molecule has 0 bridgehead atoms. The Hall–Kier alpha value is -2.63. The van der Waals surface area contributed by atoms with Crippen molar-refractivity contribution in [1.82, 2.24) is 9.55 Å². The third-order valence-electron chi connectivity index (χ3n) is 2.97. The van der Waals surface area contributed by atoms with Gasteiger partial charge in [-0.1, -0.05) is 30.3 Å². The lowest BCUT2D eigenvalue weighted by molar-refractivity contribution is 0.0508. The first-order valence-corrected chi connectivity index (χ1v) is 6.47. The van der Waals surface area contributed by atoms with Crippen LogP contribution < -0.4 is 10.3 Å². The van der Waals surface area contributed by atoms with E-state index in [1.165, 1.54) is 18.7 Å². The Morgan fingerprint density at radius 1 is 1.29 bits per heavy atom. The molecule has 6 nitrogen and oxygen atoms in total. The van der Waals surface area contributed by atoms with Gasteiger partial charge in [-0.25, -0.2) is 9.78 Å². The summed E-state index contributed by atoms with van der Waals surface area (Å²) < 4.78 is 11.3. The quantitative estimate of drug-likeness (QED) is 0.800. The first-order valence-electron chi connectivity index (χ1n) is 6.47. The molecule has 1 aromatic carbocycles. The third kappa shape index (κ3) is 2.79. The molecule has 0 aliphatic heterocycles. The summed E-state index contributed by atoms with van der Waals surface area (Å²) in [5, 5.41) is 0. The Kier molecular flexibility index (Phi) is 4.37. The van der Waals surface area contributed by atoms with E-state index in [-0.39, 0.29) is 29.4 Å². The number of carbonyl (C=O) groups excluding carboxylic acids is 1. The maximum atomic E-state index is 12.4. The highest BCUT2D eigenvalue weighted by Gasteiger charge is 2.22. The molecule has 2 rings (SSSR count). The van der Waals surface area contributed by atoms with Crippen molar-refractivity contribution in [2.24, 2.45) is 7.05 Å². The second kappa shape index (κ2) is 6.21. The lowest BCUT2D eigenvalue weighted by Gasteiger charge is -2.13. The highest BCUT2D eigenvalue weighted by atomic mass is 16.5. The van der Waals surface area contributed by atoms with E-state index in [1.807, 2.05) is 18.2 Å². The smallest absolute Gasteiger partial charge is 0.360 e. The van der Waals surface area contributed by atoms with E-state index >= 15 is 0 Å². The second-order valence-electron chi connectivity index (χ2n) is 4.27. The van der Waals surface area contributed by atoms with E-state index in [9.17, 15) is 9.59 Å². The fourth-order valence-electron chi connectivity index (χ4n) is 1.96. The van der Waals surface area contributed by atoms with Crippen LogP contribution in [0.25, 0.3) is 11.3 Å². The van der Waals surface area contributed by atoms with Crippen LogP contribution in [0, 0.1) is 0 Å². The number of nitrogens with zero attached hydrogens (tertiary/aromatic N) is 2. The van der Waals surface area contributed by atoms with Crippen molar-refractivity contribution in [1.29, 1.82) is 0 Å². The summed E-state index contributed by atoms with van der Waals surface area (Å²) in [5.41, 5.74) is 0.504. The van der Waals surface area contributed by atoms with Gasteiger partial charge in [0.2, 0.25) is 5.88 Å². The summed E-state index contributed by atoms with van der Waals surface area (Å²) in [7, 11) is 2.88. The Morgan fingerprint density at radius 2 is 1.95 bits per heavy atom. The standard InChI is InChI=1S/C15H16N2O4/c1-4-21-15(19)12-13(20-3)16-11(14(18)17(12)2)10-8-6-5-7-9-10/h5-9H,4H2,1-3H3. The summed E-state index contributed by atoms with van der Waals surface area (Å²) in [6.45, 7) is 1.89. The van der Waals surface area contributed by atoms with E-state index in [0.717, 1.165) is 0 Å². The number of aromatic nitrogens is 2. The van der Waals surface area contributed by atoms with Gasteiger partial charge in [0, 0.05) is 12.6 Å². The zero-order valence-corrected chi connectivity index (χ0v) is 12.1. The molecular weight excluding hydrogens is 272 g/mol. The number of hydrogen-bond acceptors (Lipinski definition) is 5. The van der Waals surface area contributed by atoms with Gasteiger partial charge >= 0.3 is 5.97 Å². The molecule has 0 aliphatic rings. The monoisotopic (exact) mass is 288 g/mol. The van der Waals surface area contributed by atoms with Gasteiger partial charge in [-0.15, -0.1) is 0 Å². The molecule has 110 valence electrons. The maximum Gasteiger partial charge on any atom is 0.360 e. The van der Waals surface area contributed by atoms with Crippen molar-refractivity contribution in [3.63, 3.8) is 0 Å². The molecule has 0 saturated carbocycles. The number of carbonyl (C=O) groups is 1. The molecule has 6 heteroatoms. The SMILES string of the molecule is CCOC(=O)c1c(OC)nc(-c2ccccc2)c(=O)n1C. The third-order valence-corrected chi connectivity index (χ3v) is 2.97. The highest BCUT2D eigenvalue weighted by molar-refractivity contribution is 5.90. The van der Waals surface area contributed by atoms with Crippen LogP contribution in [0.5, 0.6) is 5.88 Å². The number of esters is 1. The molecule has 0 spiro atoms. The fourth-order valence-corrected chi connectivity index (χ4v) is 1.96. The molecule has 21 heavy (non-hydrogen) atoms. The van der Waals surface area contributed by atoms with Crippen molar-refractivity contribution in [2.75, 3.05) is 13.7 Å². The lowest BCUT2D eigenvalue weighted by atomic mass is 10.1. The minimum Gasteiger partial charge on any atom is -0.479 e. The number of benzene rings is 1. The van der Waals surface area contributed by atoms with Gasteiger partial charge in [-0.3, -0.25) is 9.36 Å². The minimum absolute atomic E-state index is 0.00373. The van der Waals surface area contributed by atoms with Crippen molar-refractivity contribution >= 4 is 5.97 Å². The molecule has 0 fully saturated rings. The summed E-state index contributed by atoms with van der Waals surface area (Å²) in [6, 6.07) is 9.00. The van der Waals surface area contributed by atoms with Gasteiger partial charge in [0.15, 0.2) is 5.69 Å². The summed E-state index contributed by atoms with van der Waals surface area (Å²) in [6.07, 6.45) is 0. The van der Waals surface area contributed by atoms with E-state index in [1.54, 1.807) is 19.1 Å². The topological polar surface area (TPSA) is 70.4 Å². The largest absolute Gasteiger partial charge is 0.479 e. The van der Waals surface area contributed by atoms with Gasteiger partial charge < -0.3 is 9.47 Å². The summed E-state index contributed by atoms with van der Waals surface area (Å²) in [4.78, 5) is 28.5. The molecule has 0 unspecified atom stereocenters. The summed E-state index contributed by atoms with van der Waals surface area (Å²) in [5.74, 6) is -0.574. The van der Waals surface area contributed by atoms with Crippen LogP contribution in [-0.2, 0) is 11.8 Å². The van der Waals surface area contributed by atoms with Crippen LogP contribution in [0.1, 0.15) is 17.4 Å². The van der Waals surface area contributed by atoms with Crippen molar-refractivity contribution in [2.45, 2.75) is 6.92 Å². The molecule has 0 amide bonds. The molecule has 0 aliphatic carbocycles. The number of methoxy groups -OCH3 is 1. The molecule has 0 saturated heterocycles. The van der Waals surface area contributed by atoms with Crippen molar-refractivity contribution in [3.05, 3.63) is 46.4 Å². The Morgan fingerprint density at radius 3 is 2.52 bits per heavy atom. The van der Waals surface area contributed by atoms with Crippen LogP contribution in [0.15, 0.2) is 35.1 Å². The van der Waals surface area contributed by atoms with Crippen LogP contribution in [0.2, 0.25) is 0 Å². The molecule has 0 atom stereocenters. The normalized spacial score (nSPS) is 10.2. The predicted molar refractivity (Wildman–Crippen MR) is 77.4 cm³/mol. The predicted octanol–water partition coefficient (Wildman–Crippen LogP) is 1.63. The van der Waals surface area contributed by atoms with Gasteiger partial charge in [-0.2, -0.15) is 0 Å². The average molecular weight is 288 g/mol.